The molecule has 0 aromatic carbocycles. The van der Waals surface area contributed by atoms with Crippen LogP contribution in [0.15, 0.2) is 0 Å². The van der Waals surface area contributed by atoms with Gasteiger partial charge in [0.25, 0.3) is 0 Å². The van der Waals surface area contributed by atoms with E-state index in [4.69, 9.17) is 19.8 Å². The molecule has 6 nitrogen and oxygen atoms in total. The fraction of sp³-hybridized carbons (Fsp3) is 0.833. The minimum Gasteiger partial charge on any atom is -0.550 e. The van der Waals surface area contributed by atoms with E-state index in [-0.39, 0.29) is 32.3 Å². The van der Waals surface area contributed by atoms with Crippen LogP contribution < -0.4 is 15.3 Å². The molecule has 0 unspecified atom stereocenters. The maximum atomic E-state index is 10.1. The maximum absolute atomic E-state index is 10.1. The van der Waals surface area contributed by atoms with Crippen LogP contribution in [0.3, 0.4) is 0 Å². The van der Waals surface area contributed by atoms with Crippen LogP contribution in [-0.4, -0.2) is 43.8 Å². The van der Waals surface area contributed by atoms with E-state index in [1.165, 1.54) is 57.8 Å². The predicted molar refractivity (Wildman–Crippen MR) is 93.2 cm³/mol. The van der Waals surface area contributed by atoms with Gasteiger partial charge in [-0.1, -0.05) is 71.1 Å². The van der Waals surface area contributed by atoms with Gasteiger partial charge in [-0.2, -0.15) is 0 Å². The molecule has 0 aliphatic carbocycles. The van der Waals surface area contributed by atoms with Crippen molar-refractivity contribution >= 4 is 43.8 Å². The molecule has 25 heavy (non-hydrogen) atoms. The van der Waals surface area contributed by atoms with Crippen LogP contribution in [0.25, 0.3) is 0 Å². The van der Waals surface area contributed by atoms with Crippen molar-refractivity contribution in [3.63, 3.8) is 0 Å². The first-order valence-corrected chi connectivity index (χ1v) is 8.79. The fourth-order valence-corrected chi connectivity index (χ4v) is 1.93. The Kier molecular flexibility index (Phi) is 36.0. The van der Waals surface area contributed by atoms with Crippen molar-refractivity contribution in [2.75, 3.05) is 0 Å². The third kappa shape index (κ3) is 69.9. The van der Waals surface area contributed by atoms with E-state index < -0.39 is 17.9 Å². The summed E-state index contributed by atoms with van der Waals surface area (Å²) in [6, 6.07) is 0. The Morgan fingerprint density at radius 3 is 1.08 bits per heavy atom. The molecule has 7 heteroatoms. The number of carboxylic acids is 3. The Bertz CT molecular complexity index is 288. The van der Waals surface area contributed by atoms with Gasteiger partial charge in [0.15, 0.2) is 0 Å². The van der Waals surface area contributed by atoms with E-state index in [1.807, 2.05) is 0 Å². The Morgan fingerprint density at radius 2 is 0.840 bits per heavy atom. The van der Waals surface area contributed by atoms with Gasteiger partial charge < -0.3 is 29.7 Å². The molecule has 0 rings (SSSR count). The average Bonchev–Trinajstić information content (AvgIpc) is 2.43. The van der Waals surface area contributed by atoms with E-state index in [9.17, 15) is 9.90 Å². The number of hydrogen-bond acceptors (Lipinski definition) is 6. The molecule has 0 radical (unpaired) electrons. The van der Waals surface area contributed by atoms with Crippen LogP contribution in [-0.2, 0) is 14.4 Å². The molecule has 0 aliphatic rings. The normalized spacial score (nSPS) is 8.76. The first kappa shape index (κ1) is 32.0. The summed E-state index contributed by atoms with van der Waals surface area (Å²) in [6.07, 6.45) is 14.0. The molecule has 0 spiro atoms. The van der Waals surface area contributed by atoms with Crippen LogP contribution in [0.1, 0.15) is 97.8 Å². The quantitative estimate of drug-likeness (QED) is 0.393. The number of rotatable bonds is 12. The fourth-order valence-electron chi connectivity index (χ4n) is 1.93. The number of carboxylic acid groups (broad SMARTS) is 3. The average molecular weight is 460 g/mol. The topological polar surface area (TPSA) is 120 Å². The largest absolute Gasteiger partial charge is 3.00 e. The molecule has 0 bridgehead atoms. The maximum Gasteiger partial charge on any atom is 3.00 e. The molecule has 0 atom stereocenters. The predicted octanol–water partition coefficient (Wildman–Crippen LogP) is 0.569. The standard InChI is InChI=1S/C14H28O2.2C2H4O2.In/c1-2-3-4-5-6-7-8-9-10-11-12-13-14(15)16;2*1-2(3)4;/h2-13H2,1H3,(H,15,16);2*1H3,(H,3,4);/q;;;+3/p-3. The Labute approximate surface area is 171 Å². The Morgan fingerprint density at radius 1 is 0.600 bits per heavy atom. The van der Waals surface area contributed by atoms with E-state index >= 15 is 0 Å². The van der Waals surface area contributed by atoms with Crippen LogP contribution in [0.2, 0.25) is 0 Å². The van der Waals surface area contributed by atoms with Gasteiger partial charge in [0.2, 0.25) is 0 Å². The first-order chi connectivity index (χ1) is 11.2. The van der Waals surface area contributed by atoms with E-state index in [1.54, 1.807) is 0 Å². The van der Waals surface area contributed by atoms with E-state index in [0.29, 0.717) is 0 Å². The molecule has 0 saturated carbocycles. The second-order valence-corrected chi connectivity index (χ2v) is 5.64. The molecule has 0 aliphatic heterocycles. The zero-order chi connectivity index (χ0) is 19.2. The summed E-state index contributed by atoms with van der Waals surface area (Å²) in [5.74, 6) is -3.07. The number of hydrogen-bond donors (Lipinski definition) is 0. The molecule has 144 valence electrons. The van der Waals surface area contributed by atoms with Crippen molar-refractivity contribution in [2.24, 2.45) is 0 Å². The summed E-state index contributed by atoms with van der Waals surface area (Å²) in [7, 11) is 0. The van der Waals surface area contributed by atoms with Gasteiger partial charge in [-0.25, -0.2) is 0 Å². The van der Waals surface area contributed by atoms with Gasteiger partial charge in [-0.3, -0.25) is 0 Å². The third-order valence-corrected chi connectivity index (χ3v) is 2.98. The molecular weight excluding hydrogens is 427 g/mol. The molecule has 0 amide bonds. The second kappa shape index (κ2) is 28.1. The minimum absolute atomic E-state index is 0. The van der Waals surface area contributed by atoms with E-state index in [2.05, 4.69) is 6.92 Å². The van der Waals surface area contributed by atoms with Gasteiger partial charge in [0.05, 0.1) is 0 Å². The summed E-state index contributed by atoms with van der Waals surface area (Å²) >= 11 is 0. The summed E-state index contributed by atoms with van der Waals surface area (Å²) in [4.78, 5) is 27.9. The smallest absolute Gasteiger partial charge is 0.550 e. The van der Waals surface area contributed by atoms with Crippen molar-refractivity contribution in [2.45, 2.75) is 97.8 Å². The van der Waals surface area contributed by atoms with Crippen molar-refractivity contribution in [3.05, 3.63) is 0 Å². The van der Waals surface area contributed by atoms with Crippen LogP contribution in [0, 0.1) is 0 Å². The van der Waals surface area contributed by atoms with Crippen LogP contribution in [0.5, 0.6) is 0 Å². The molecule has 0 fully saturated rings. The summed E-state index contributed by atoms with van der Waals surface area (Å²) in [6.45, 7) is 4.19. The van der Waals surface area contributed by atoms with Crippen molar-refractivity contribution < 1.29 is 29.7 Å². The van der Waals surface area contributed by atoms with E-state index in [0.717, 1.165) is 26.7 Å². The summed E-state index contributed by atoms with van der Waals surface area (Å²) < 4.78 is 0. The van der Waals surface area contributed by atoms with Gasteiger partial charge in [0, 0.05) is 17.9 Å². The monoisotopic (exact) mass is 460 g/mol. The number of aliphatic carboxylic acids is 3. The van der Waals surface area contributed by atoms with Gasteiger partial charge >= 0.3 is 25.8 Å². The van der Waals surface area contributed by atoms with Gasteiger partial charge in [-0.05, 0) is 26.7 Å². The van der Waals surface area contributed by atoms with Crippen molar-refractivity contribution in [1.29, 1.82) is 0 Å². The van der Waals surface area contributed by atoms with Crippen LogP contribution >= 0.6 is 0 Å². The first-order valence-electron chi connectivity index (χ1n) is 8.79. The minimum atomic E-state index is -1.08. The molecule has 0 saturated heterocycles. The SMILES string of the molecule is CC(=O)[O-].CC(=O)[O-].CCCCCCCCCCCCCC(=O)[O-].[In+3]. The second-order valence-electron chi connectivity index (χ2n) is 5.64. The number of carbonyl (C=O) groups is 3. The number of carbonyl (C=O) groups excluding carboxylic acids is 3. The molecule has 0 heterocycles. The van der Waals surface area contributed by atoms with Crippen LogP contribution in [0.4, 0.5) is 0 Å². The molecular formula is C18H33InO6. The summed E-state index contributed by atoms with van der Waals surface area (Å²) in [5, 5.41) is 27.9. The molecule has 0 N–H and O–H groups in total. The third-order valence-electron chi connectivity index (χ3n) is 2.98. The zero-order valence-corrected chi connectivity index (χ0v) is 19.3. The number of unbranched alkanes of at least 4 members (excludes halogenated alkanes) is 10. The van der Waals surface area contributed by atoms with Crippen molar-refractivity contribution in [1.82, 2.24) is 0 Å². The Hall–Kier alpha value is -0.720. The van der Waals surface area contributed by atoms with Crippen molar-refractivity contribution in [3.8, 4) is 0 Å². The van der Waals surface area contributed by atoms with Gasteiger partial charge in [0.1, 0.15) is 0 Å². The summed E-state index contributed by atoms with van der Waals surface area (Å²) in [5.41, 5.74) is 0. The molecule has 0 aromatic rings. The zero-order valence-electron chi connectivity index (χ0n) is 16.0. The Balaban J connectivity index is -0.000000205. The van der Waals surface area contributed by atoms with Gasteiger partial charge in [-0.15, -0.1) is 0 Å². The molecule has 0 aromatic heterocycles.